The minimum absolute atomic E-state index is 0.245. The Bertz CT molecular complexity index is 680. The van der Waals surface area contributed by atoms with Crippen molar-refractivity contribution in [3.05, 3.63) is 65.7 Å². The number of likely N-dealkylation sites (N-methyl/N-ethyl adjacent to an activating group) is 1. The van der Waals surface area contributed by atoms with Crippen molar-refractivity contribution in [2.24, 2.45) is 0 Å². The van der Waals surface area contributed by atoms with Crippen LogP contribution in [-0.2, 0) is 11.3 Å². The van der Waals surface area contributed by atoms with Gasteiger partial charge < -0.3 is 14.4 Å². The molecule has 0 radical (unpaired) electrons. The Morgan fingerprint density at radius 1 is 1.17 bits per heavy atom. The van der Waals surface area contributed by atoms with Crippen molar-refractivity contribution < 1.29 is 14.3 Å². The number of hydrogen-bond donors (Lipinski definition) is 0. The van der Waals surface area contributed by atoms with Crippen LogP contribution in [0.5, 0.6) is 5.75 Å². The zero-order chi connectivity index (χ0) is 16.5. The largest absolute Gasteiger partial charge is 0.492 e. The molecule has 0 N–H and O–H groups in total. The SMILES string of the molecule is CN(CCOc1cccc(C#N)c1)C(=O)OCc1ccccc1. The molecule has 5 heteroatoms. The highest BCUT2D eigenvalue weighted by atomic mass is 16.6. The van der Waals surface area contributed by atoms with Crippen LogP contribution < -0.4 is 4.74 Å². The summed E-state index contributed by atoms with van der Waals surface area (Å²) in [4.78, 5) is 13.3. The van der Waals surface area contributed by atoms with E-state index in [1.54, 1.807) is 31.3 Å². The molecule has 0 bridgehead atoms. The first kappa shape index (κ1) is 16.4. The summed E-state index contributed by atoms with van der Waals surface area (Å²) >= 11 is 0. The predicted octanol–water partition coefficient (Wildman–Crippen LogP) is 3.21. The summed E-state index contributed by atoms with van der Waals surface area (Å²) in [6.45, 7) is 0.964. The Labute approximate surface area is 135 Å². The van der Waals surface area contributed by atoms with Gasteiger partial charge in [-0.1, -0.05) is 36.4 Å². The lowest BCUT2D eigenvalue weighted by Gasteiger charge is -2.17. The monoisotopic (exact) mass is 310 g/mol. The fourth-order valence-corrected chi connectivity index (χ4v) is 1.88. The highest BCUT2D eigenvalue weighted by molar-refractivity contribution is 5.67. The van der Waals surface area contributed by atoms with Crippen LogP contribution in [0.3, 0.4) is 0 Å². The summed E-state index contributed by atoms with van der Waals surface area (Å²) in [6, 6.07) is 18.5. The van der Waals surface area contributed by atoms with E-state index in [1.165, 1.54) is 4.90 Å². The summed E-state index contributed by atoms with van der Waals surface area (Å²) in [5.74, 6) is 0.607. The third-order valence-corrected chi connectivity index (χ3v) is 3.18. The van der Waals surface area contributed by atoms with E-state index in [0.717, 1.165) is 5.56 Å². The number of hydrogen-bond acceptors (Lipinski definition) is 4. The van der Waals surface area contributed by atoms with Crippen LogP contribution in [0, 0.1) is 11.3 Å². The Hall–Kier alpha value is -3.00. The van der Waals surface area contributed by atoms with Gasteiger partial charge in [-0.2, -0.15) is 5.26 Å². The second kappa shape index (κ2) is 8.44. The normalized spacial score (nSPS) is 9.74. The molecule has 0 aromatic heterocycles. The summed E-state index contributed by atoms with van der Waals surface area (Å²) in [5, 5.41) is 8.83. The van der Waals surface area contributed by atoms with Gasteiger partial charge in [-0.25, -0.2) is 4.79 Å². The van der Waals surface area contributed by atoms with Gasteiger partial charge in [-0.15, -0.1) is 0 Å². The van der Waals surface area contributed by atoms with Crippen LogP contribution in [0.4, 0.5) is 4.79 Å². The Morgan fingerprint density at radius 2 is 1.96 bits per heavy atom. The highest BCUT2D eigenvalue weighted by Gasteiger charge is 2.10. The third kappa shape index (κ3) is 5.36. The number of ether oxygens (including phenoxy) is 2. The molecule has 5 nitrogen and oxygen atoms in total. The van der Waals surface area contributed by atoms with Crippen LogP contribution in [0.25, 0.3) is 0 Å². The van der Waals surface area contributed by atoms with Gasteiger partial charge in [-0.05, 0) is 23.8 Å². The van der Waals surface area contributed by atoms with Gasteiger partial charge >= 0.3 is 6.09 Å². The first-order chi connectivity index (χ1) is 11.2. The van der Waals surface area contributed by atoms with Gasteiger partial charge in [0.1, 0.15) is 19.0 Å². The zero-order valence-corrected chi connectivity index (χ0v) is 12.9. The number of benzene rings is 2. The second-order valence-electron chi connectivity index (χ2n) is 4.95. The van der Waals surface area contributed by atoms with E-state index in [-0.39, 0.29) is 6.61 Å². The first-order valence-electron chi connectivity index (χ1n) is 7.24. The van der Waals surface area contributed by atoms with Crippen LogP contribution in [0.1, 0.15) is 11.1 Å². The van der Waals surface area contributed by atoms with Gasteiger partial charge in [0.05, 0.1) is 18.2 Å². The van der Waals surface area contributed by atoms with Crippen LogP contribution in [0.2, 0.25) is 0 Å². The lowest BCUT2D eigenvalue weighted by atomic mass is 10.2. The summed E-state index contributed by atoms with van der Waals surface area (Å²) in [6.07, 6.45) is -0.400. The maximum absolute atomic E-state index is 11.9. The molecule has 0 spiro atoms. The summed E-state index contributed by atoms with van der Waals surface area (Å²) in [5.41, 5.74) is 1.48. The summed E-state index contributed by atoms with van der Waals surface area (Å²) in [7, 11) is 1.66. The first-order valence-corrected chi connectivity index (χ1v) is 7.24. The van der Waals surface area contributed by atoms with E-state index in [9.17, 15) is 4.79 Å². The lowest BCUT2D eigenvalue weighted by molar-refractivity contribution is 0.0994. The molecule has 0 aliphatic heterocycles. The van der Waals surface area contributed by atoms with E-state index in [0.29, 0.717) is 24.5 Å². The molecule has 0 heterocycles. The third-order valence-electron chi connectivity index (χ3n) is 3.18. The number of nitrogens with zero attached hydrogens (tertiary/aromatic N) is 2. The topological polar surface area (TPSA) is 62.6 Å². The van der Waals surface area contributed by atoms with Crippen molar-refractivity contribution in [2.75, 3.05) is 20.2 Å². The predicted molar refractivity (Wildman–Crippen MR) is 85.9 cm³/mol. The number of nitriles is 1. The van der Waals surface area contributed by atoms with E-state index in [1.807, 2.05) is 30.3 Å². The van der Waals surface area contributed by atoms with E-state index >= 15 is 0 Å². The quantitative estimate of drug-likeness (QED) is 0.822. The molecule has 1 amide bonds. The van der Waals surface area contributed by atoms with Crippen LogP contribution >= 0.6 is 0 Å². The lowest BCUT2D eigenvalue weighted by Crippen LogP contribution is -2.31. The molecule has 2 rings (SSSR count). The van der Waals surface area contributed by atoms with Gasteiger partial charge in [0.2, 0.25) is 0 Å². The second-order valence-corrected chi connectivity index (χ2v) is 4.95. The fourth-order valence-electron chi connectivity index (χ4n) is 1.88. The van der Waals surface area contributed by atoms with Crippen molar-refractivity contribution in [1.82, 2.24) is 4.90 Å². The number of rotatable bonds is 6. The highest BCUT2D eigenvalue weighted by Crippen LogP contribution is 2.12. The fraction of sp³-hybridized carbons (Fsp3) is 0.222. The average Bonchev–Trinajstić information content (AvgIpc) is 2.60. The van der Waals surface area contributed by atoms with Crippen molar-refractivity contribution in [2.45, 2.75) is 6.61 Å². The molecular weight excluding hydrogens is 292 g/mol. The average molecular weight is 310 g/mol. The van der Waals surface area contributed by atoms with Gasteiger partial charge in [-0.3, -0.25) is 0 Å². The molecule has 0 fully saturated rings. The molecule has 0 atom stereocenters. The van der Waals surface area contributed by atoms with Crippen LogP contribution in [-0.4, -0.2) is 31.2 Å². The van der Waals surface area contributed by atoms with E-state index in [4.69, 9.17) is 14.7 Å². The number of carbonyl (C=O) groups is 1. The molecule has 0 aliphatic rings. The molecule has 0 aliphatic carbocycles. The molecule has 2 aromatic carbocycles. The van der Waals surface area contributed by atoms with Gasteiger partial charge in [0.15, 0.2) is 0 Å². The van der Waals surface area contributed by atoms with E-state index < -0.39 is 6.09 Å². The number of carbonyl (C=O) groups excluding carboxylic acids is 1. The number of amides is 1. The van der Waals surface area contributed by atoms with Crippen molar-refractivity contribution in [1.29, 1.82) is 5.26 Å². The minimum atomic E-state index is -0.400. The standard InChI is InChI=1S/C18H18N2O3/c1-20(18(21)23-14-15-6-3-2-4-7-15)10-11-22-17-9-5-8-16(12-17)13-19/h2-9,12H,10-11,14H2,1H3. The van der Waals surface area contributed by atoms with Crippen molar-refractivity contribution in [3.63, 3.8) is 0 Å². The Kier molecular flexibility index (Phi) is 6.01. The molecule has 2 aromatic rings. The summed E-state index contributed by atoms with van der Waals surface area (Å²) < 4.78 is 10.7. The molecule has 0 saturated heterocycles. The van der Waals surface area contributed by atoms with Crippen molar-refractivity contribution in [3.8, 4) is 11.8 Å². The zero-order valence-electron chi connectivity index (χ0n) is 12.9. The maximum atomic E-state index is 11.9. The molecule has 0 unspecified atom stereocenters. The Morgan fingerprint density at radius 3 is 2.70 bits per heavy atom. The smallest absolute Gasteiger partial charge is 0.409 e. The molecular formula is C18H18N2O3. The van der Waals surface area contributed by atoms with Crippen LogP contribution in [0.15, 0.2) is 54.6 Å². The Balaban J connectivity index is 1.72. The molecule has 23 heavy (non-hydrogen) atoms. The minimum Gasteiger partial charge on any atom is -0.492 e. The van der Waals surface area contributed by atoms with Gasteiger partial charge in [0.25, 0.3) is 0 Å². The molecule has 118 valence electrons. The molecule has 0 saturated carbocycles. The van der Waals surface area contributed by atoms with Crippen molar-refractivity contribution >= 4 is 6.09 Å². The maximum Gasteiger partial charge on any atom is 0.409 e. The van der Waals surface area contributed by atoms with E-state index in [2.05, 4.69) is 6.07 Å². The van der Waals surface area contributed by atoms with Gasteiger partial charge in [0, 0.05) is 7.05 Å².